The third-order valence-corrected chi connectivity index (χ3v) is 14.4. The van der Waals surface area contributed by atoms with E-state index in [2.05, 4.69) is 172 Å². The van der Waals surface area contributed by atoms with Crippen molar-refractivity contribution in [3.8, 4) is 0 Å². The zero-order chi connectivity index (χ0) is 60.7. The van der Waals surface area contributed by atoms with Gasteiger partial charge in [-0.3, -0.25) is 14.2 Å². The van der Waals surface area contributed by atoms with Crippen molar-refractivity contribution in [2.75, 3.05) is 40.9 Å². The average molecular weight is 1170 g/mol. The molecule has 0 aliphatic rings. The molecular weight excluding hydrogens is 1050 g/mol. The number of unbranched alkanes of at least 4 members (excludes halogenated alkanes) is 17. The van der Waals surface area contributed by atoms with Gasteiger partial charge in [-0.1, -0.05) is 250 Å². The summed E-state index contributed by atoms with van der Waals surface area (Å²) < 4.78 is 30.3. The Kier molecular flexibility index (Phi) is 57.5. The predicted octanol–water partition coefficient (Wildman–Crippen LogP) is 20.1. The van der Waals surface area contributed by atoms with Gasteiger partial charge in [0.25, 0.3) is 7.82 Å². The van der Waals surface area contributed by atoms with E-state index in [9.17, 15) is 19.0 Å². The van der Waals surface area contributed by atoms with Crippen LogP contribution in [-0.4, -0.2) is 69.4 Å². The molecule has 0 fully saturated rings. The fraction of sp³-hybridized carbons (Fsp3) is 0.616. The molecule has 0 heterocycles. The number of hydrogen-bond acceptors (Lipinski definition) is 7. The molecule has 1 amide bonds. The molecule has 0 aromatic carbocycles. The van der Waals surface area contributed by atoms with Gasteiger partial charge in [-0.2, -0.15) is 0 Å². The molecule has 470 valence electrons. The van der Waals surface area contributed by atoms with Crippen LogP contribution in [0.1, 0.15) is 239 Å². The largest absolute Gasteiger partial charge is 0.756 e. The standard InChI is InChI=1S/C73H121N2O7P/c1-7-10-13-16-19-22-25-27-29-31-33-35-36-37-38-40-41-43-45-47-50-53-56-59-62-65-72(76)74-70(69-81-83(78,79)80-68-67-75(4,5)6)71(64-61-58-55-52-49-24-21-18-15-12-9-3)82-73(77)66-63-60-57-54-51-48-46-44-42-39-34-32-30-28-26-23-20-17-14-11-8-2/h10-11,13-14,19-20,22-23,27-30,33-35,37-39,41,43-44,46,51,54,61,64,70-71H,7-9,12,15-18,21,24-26,31-32,36,40,42,45,47-50,52-53,55-60,62-63,65-69H2,1-6H3,(H-,74,76,78,79)/b13-10-,14-11-,22-19-,23-20-,29-27-,30-28-,35-33-,38-37-,39-34-,43-41-,46-44-,54-51-,64-61-. The van der Waals surface area contributed by atoms with Gasteiger partial charge >= 0.3 is 5.97 Å². The summed E-state index contributed by atoms with van der Waals surface area (Å²) in [6.07, 6.45) is 89.3. The highest BCUT2D eigenvalue weighted by molar-refractivity contribution is 7.45. The number of carbonyl (C=O) groups excluding carboxylic acids is 2. The summed E-state index contributed by atoms with van der Waals surface area (Å²) in [6, 6.07) is -0.928. The first-order valence-electron chi connectivity index (χ1n) is 32.8. The number of nitrogens with one attached hydrogen (secondary N) is 1. The fourth-order valence-electron chi connectivity index (χ4n) is 8.47. The van der Waals surface area contributed by atoms with E-state index in [-0.39, 0.29) is 25.4 Å². The van der Waals surface area contributed by atoms with Crippen LogP contribution in [0.25, 0.3) is 0 Å². The number of phosphoric ester groups is 1. The molecule has 0 bridgehead atoms. The van der Waals surface area contributed by atoms with Crippen LogP contribution in [-0.2, 0) is 27.9 Å². The number of hydrogen-bond donors (Lipinski definition) is 1. The summed E-state index contributed by atoms with van der Waals surface area (Å²) in [7, 11) is 1.12. The Bertz CT molecular complexity index is 1980. The van der Waals surface area contributed by atoms with E-state index in [1.54, 1.807) is 0 Å². The molecule has 0 spiro atoms. The Morgan fingerprint density at radius 2 is 0.771 bits per heavy atom. The summed E-state index contributed by atoms with van der Waals surface area (Å²) in [5.41, 5.74) is 0. The van der Waals surface area contributed by atoms with Crippen LogP contribution in [0.2, 0.25) is 0 Å². The molecule has 3 atom stereocenters. The normalized spacial score (nSPS) is 14.6. The Hall–Kier alpha value is -4.37. The number of ether oxygens (including phenoxy) is 1. The summed E-state index contributed by atoms with van der Waals surface area (Å²) in [5, 5.41) is 3.01. The molecule has 0 aromatic heterocycles. The molecule has 9 nitrogen and oxygen atoms in total. The molecule has 0 aromatic rings. The fourth-order valence-corrected chi connectivity index (χ4v) is 9.19. The minimum absolute atomic E-state index is 0.0422. The molecule has 0 aliphatic carbocycles. The maximum absolute atomic E-state index is 13.6. The minimum atomic E-state index is -4.73. The Balaban J connectivity index is 5.26. The van der Waals surface area contributed by atoms with Gasteiger partial charge in [0.2, 0.25) is 5.91 Å². The molecular formula is C73H121N2O7P. The van der Waals surface area contributed by atoms with Crippen molar-refractivity contribution in [3.05, 3.63) is 158 Å². The highest BCUT2D eigenvalue weighted by Crippen LogP contribution is 2.38. The first-order valence-corrected chi connectivity index (χ1v) is 34.3. The lowest BCUT2D eigenvalue weighted by molar-refractivity contribution is -0.870. The number of nitrogens with zero attached hydrogens (tertiary/aromatic N) is 1. The van der Waals surface area contributed by atoms with Gasteiger partial charge in [-0.25, -0.2) is 0 Å². The van der Waals surface area contributed by atoms with Crippen LogP contribution in [0.3, 0.4) is 0 Å². The van der Waals surface area contributed by atoms with Crippen LogP contribution in [0, 0.1) is 0 Å². The van der Waals surface area contributed by atoms with Crippen molar-refractivity contribution < 1.29 is 37.3 Å². The SMILES string of the molecule is CC/C=C\C/C=C\C/C=C\C/C=C\C/C=C\C/C=C\CCCCCCCCC(=O)NC(COP(=O)([O-])OCC[N+](C)(C)C)C(/C=C\CCCCCCCCCCC)OC(=O)CCCC/C=C\C/C=C\C/C=C\C/C=C\C/C=C\C/C=C\CC. The highest BCUT2D eigenvalue weighted by atomic mass is 31.2. The van der Waals surface area contributed by atoms with Gasteiger partial charge in [0.05, 0.1) is 33.8 Å². The number of likely N-dealkylation sites (N-methyl/N-ethyl adjacent to an activating group) is 1. The zero-order valence-corrected chi connectivity index (χ0v) is 54.5. The number of allylic oxidation sites excluding steroid dienone is 25. The molecule has 0 rings (SSSR count). The van der Waals surface area contributed by atoms with Crippen molar-refractivity contribution in [1.82, 2.24) is 5.32 Å². The van der Waals surface area contributed by atoms with Crippen molar-refractivity contribution in [2.45, 2.75) is 251 Å². The summed E-state index contributed by atoms with van der Waals surface area (Å²) in [4.78, 5) is 40.1. The Labute approximate surface area is 510 Å². The minimum Gasteiger partial charge on any atom is -0.756 e. The molecule has 0 saturated carbocycles. The molecule has 0 saturated heterocycles. The lowest BCUT2D eigenvalue weighted by Gasteiger charge is -2.30. The van der Waals surface area contributed by atoms with E-state index in [0.29, 0.717) is 23.9 Å². The lowest BCUT2D eigenvalue weighted by Crippen LogP contribution is -2.47. The van der Waals surface area contributed by atoms with Crippen molar-refractivity contribution in [3.63, 3.8) is 0 Å². The molecule has 0 radical (unpaired) electrons. The van der Waals surface area contributed by atoms with Crippen LogP contribution in [0.5, 0.6) is 0 Å². The second-order valence-electron chi connectivity index (χ2n) is 22.5. The molecule has 10 heteroatoms. The maximum Gasteiger partial charge on any atom is 0.306 e. The van der Waals surface area contributed by atoms with Gasteiger partial charge in [0.15, 0.2) is 0 Å². The number of esters is 1. The Morgan fingerprint density at radius 3 is 1.17 bits per heavy atom. The summed E-state index contributed by atoms with van der Waals surface area (Å²) in [5.74, 6) is -0.622. The first-order chi connectivity index (χ1) is 40.4. The van der Waals surface area contributed by atoms with Crippen molar-refractivity contribution in [1.29, 1.82) is 0 Å². The van der Waals surface area contributed by atoms with Crippen LogP contribution < -0.4 is 10.2 Å². The first kappa shape index (κ1) is 78.6. The lowest BCUT2D eigenvalue weighted by atomic mass is 10.1. The summed E-state index contributed by atoms with van der Waals surface area (Å²) in [6.45, 7) is 6.54. The van der Waals surface area contributed by atoms with Crippen LogP contribution >= 0.6 is 7.82 Å². The number of quaternary nitrogens is 1. The Morgan fingerprint density at radius 1 is 0.434 bits per heavy atom. The second-order valence-corrected chi connectivity index (χ2v) is 23.9. The van der Waals surface area contributed by atoms with E-state index in [4.69, 9.17) is 13.8 Å². The van der Waals surface area contributed by atoms with Crippen molar-refractivity contribution in [2.24, 2.45) is 0 Å². The highest BCUT2D eigenvalue weighted by Gasteiger charge is 2.27. The van der Waals surface area contributed by atoms with Gasteiger partial charge in [0.1, 0.15) is 19.3 Å². The van der Waals surface area contributed by atoms with Gasteiger partial charge in [-0.15, -0.1) is 0 Å². The third-order valence-electron chi connectivity index (χ3n) is 13.5. The van der Waals surface area contributed by atoms with E-state index in [1.807, 2.05) is 33.3 Å². The quantitative estimate of drug-likeness (QED) is 0.0212. The van der Waals surface area contributed by atoms with E-state index < -0.39 is 32.5 Å². The van der Waals surface area contributed by atoms with E-state index in [1.165, 1.54) is 44.9 Å². The molecule has 0 aliphatic heterocycles. The van der Waals surface area contributed by atoms with Crippen molar-refractivity contribution >= 4 is 19.7 Å². The average Bonchev–Trinajstić information content (AvgIpc) is 3.51. The molecule has 83 heavy (non-hydrogen) atoms. The van der Waals surface area contributed by atoms with Gasteiger partial charge < -0.3 is 28.5 Å². The number of carbonyl (C=O) groups is 2. The van der Waals surface area contributed by atoms with E-state index >= 15 is 0 Å². The number of amides is 1. The molecule has 1 N–H and O–H groups in total. The third kappa shape index (κ3) is 62.0. The smallest absolute Gasteiger partial charge is 0.306 e. The molecule has 3 unspecified atom stereocenters. The predicted molar refractivity (Wildman–Crippen MR) is 357 cm³/mol. The van der Waals surface area contributed by atoms with Crippen LogP contribution in [0.15, 0.2) is 158 Å². The van der Waals surface area contributed by atoms with E-state index in [0.717, 1.165) is 148 Å². The summed E-state index contributed by atoms with van der Waals surface area (Å²) >= 11 is 0. The zero-order valence-electron chi connectivity index (χ0n) is 53.6. The maximum atomic E-state index is 13.6. The second kappa shape index (κ2) is 60.7. The monoisotopic (exact) mass is 1170 g/mol. The van der Waals surface area contributed by atoms with Gasteiger partial charge in [0, 0.05) is 12.8 Å². The van der Waals surface area contributed by atoms with Crippen LogP contribution in [0.4, 0.5) is 0 Å². The van der Waals surface area contributed by atoms with Gasteiger partial charge in [-0.05, 0) is 134 Å². The number of rotatable bonds is 57. The topological polar surface area (TPSA) is 114 Å². The number of phosphoric acid groups is 1.